The first-order chi connectivity index (χ1) is 7.00. The number of ketones is 1. The average molecular weight is 211 g/mol. The first kappa shape index (κ1) is 12.7. The fraction of sp³-hybridized carbons (Fsp3) is 0.923. The Kier molecular flexibility index (Phi) is 4.78. The van der Waals surface area contributed by atoms with E-state index in [1.165, 1.54) is 19.3 Å². The topological polar surface area (TPSA) is 20.3 Å². The molecule has 0 bridgehead atoms. The van der Waals surface area contributed by atoms with Gasteiger partial charge in [-0.15, -0.1) is 0 Å². The maximum Gasteiger partial charge on any atom is 0.149 e. The molecule has 1 rings (SSSR count). The predicted molar refractivity (Wildman–Crippen MR) is 63.9 cm³/mol. The van der Waals surface area contributed by atoms with Crippen LogP contribution in [0.3, 0.4) is 0 Å². The maximum absolute atomic E-state index is 11.7. The second-order valence-corrected chi connectivity index (χ2v) is 5.51. The van der Waals surface area contributed by atoms with Gasteiger partial charge in [0.1, 0.15) is 5.78 Å². The van der Waals surface area contributed by atoms with Gasteiger partial charge in [-0.25, -0.2) is 0 Å². The molecular weight excluding hydrogens is 186 g/mol. The molecule has 0 aromatic heterocycles. The number of hydrogen-bond acceptors (Lipinski definition) is 2. The number of nitrogens with zero attached hydrogens (tertiary/aromatic N) is 1. The van der Waals surface area contributed by atoms with Crippen LogP contribution in [0.15, 0.2) is 0 Å². The summed E-state index contributed by atoms with van der Waals surface area (Å²) >= 11 is 0. The van der Waals surface area contributed by atoms with Crippen molar-refractivity contribution in [2.24, 2.45) is 11.8 Å². The van der Waals surface area contributed by atoms with E-state index < -0.39 is 0 Å². The number of carbonyl (C=O) groups is 1. The van der Waals surface area contributed by atoms with Crippen molar-refractivity contribution in [3.8, 4) is 0 Å². The van der Waals surface area contributed by atoms with E-state index in [0.29, 0.717) is 18.4 Å². The smallest absolute Gasteiger partial charge is 0.149 e. The molecule has 0 spiro atoms. The van der Waals surface area contributed by atoms with Gasteiger partial charge in [-0.1, -0.05) is 27.7 Å². The van der Waals surface area contributed by atoms with Gasteiger partial charge < -0.3 is 0 Å². The van der Waals surface area contributed by atoms with Gasteiger partial charge in [0.2, 0.25) is 0 Å². The predicted octanol–water partition coefficient (Wildman–Crippen LogP) is 2.72. The van der Waals surface area contributed by atoms with Crippen LogP contribution in [0.25, 0.3) is 0 Å². The van der Waals surface area contributed by atoms with Crippen molar-refractivity contribution in [3.05, 3.63) is 0 Å². The van der Waals surface area contributed by atoms with Crippen molar-refractivity contribution in [1.82, 2.24) is 4.90 Å². The SMILES string of the molecule is CC(C)CCN(CC(=O)C(C)C)C1CC1. The lowest BCUT2D eigenvalue weighted by Gasteiger charge is -2.22. The largest absolute Gasteiger partial charge is 0.298 e. The first-order valence-corrected chi connectivity index (χ1v) is 6.27. The molecule has 1 aliphatic carbocycles. The third-order valence-electron chi connectivity index (χ3n) is 3.06. The minimum atomic E-state index is 0.185. The van der Waals surface area contributed by atoms with Crippen LogP contribution in [0, 0.1) is 11.8 Å². The molecule has 0 saturated heterocycles. The van der Waals surface area contributed by atoms with Gasteiger partial charge in [-0.05, 0) is 31.7 Å². The molecule has 2 heteroatoms. The Balaban J connectivity index is 2.33. The van der Waals surface area contributed by atoms with Crippen LogP contribution in [0.2, 0.25) is 0 Å². The Labute approximate surface area is 94.0 Å². The van der Waals surface area contributed by atoms with Gasteiger partial charge in [0, 0.05) is 12.0 Å². The summed E-state index contributed by atoms with van der Waals surface area (Å²) in [6, 6.07) is 0.714. The molecule has 1 saturated carbocycles. The van der Waals surface area contributed by atoms with Crippen molar-refractivity contribution < 1.29 is 4.79 Å². The van der Waals surface area contributed by atoms with Gasteiger partial charge in [-0.3, -0.25) is 9.69 Å². The molecule has 15 heavy (non-hydrogen) atoms. The van der Waals surface area contributed by atoms with Crippen molar-refractivity contribution in [1.29, 1.82) is 0 Å². The van der Waals surface area contributed by atoms with E-state index in [4.69, 9.17) is 0 Å². The Morgan fingerprint density at radius 2 is 1.87 bits per heavy atom. The van der Waals surface area contributed by atoms with Crippen LogP contribution in [0.1, 0.15) is 47.0 Å². The third-order valence-corrected chi connectivity index (χ3v) is 3.06. The highest BCUT2D eigenvalue weighted by Crippen LogP contribution is 2.27. The summed E-state index contributed by atoms with van der Waals surface area (Å²) in [5.74, 6) is 1.32. The first-order valence-electron chi connectivity index (χ1n) is 6.27. The number of Topliss-reactive ketones (excluding diaryl/α,β-unsaturated/α-hetero) is 1. The highest BCUT2D eigenvalue weighted by Gasteiger charge is 2.30. The Hall–Kier alpha value is -0.370. The summed E-state index contributed by atoms with van der Waals surface area (Å²) in [6.07, 6.45) is 3.80. The van der Waals surface area contributed by atoms with Gasteiger partial charge >= 0.3 is 0 Å². The van der Waals surface area contributed by atoms with Gasteiger partial charge in [0.05, 0.1) is 6.54 Å². The monoisotopic (exact) mass is 211 g/mol. The van der Waals surface area contributed by atoms with Gasteiger partial charge in [0.25, 0.3) is 0 Å². The average Bonchev–Trinajstić information content (AvgIpc) is 2.94. The zero-order chi connectivity index (χ0) is 11.4. The minimum Gasteiger partial charge on any atom is -0.298 e. The highest BCUT2D eigenvalue weighted by atomic mass is 16.1. The zero-order valence-electron chi connectivity index (χ0n) is 10.6. The van der Waals surface area contributed by atoms with Crippen molar-refractivity contribution in [2.45, 2.75) is 53.0 Å². The molecule has 0 aliphatic heterocycles. The quantitative estimate of drug-likeness (QED) is 0.645. The molecule has 1 aliphatic rings. The molecule has 0 heterocycles. The molecule has 0 N–H and O–H groups in total. The summed E-state index contributed by atoms with van der Waals surface area (Å²) in [7, 11) is 0. The van der Waals surface area contributed by atoms with Crippen LogP contribution >= 0.6 is 0 Å². The summed E-state index contributed by atoms with van der Waals surface area (Å²) in [5, 5.41) is 0. The van der Waals surface area contributed by atoms with E-state index in [2.05, 4.69) is 18.7 Å². The standard InChI is InChI=1S/C13H25NO/c1-10(2)7-8-14(12-5-6-12)9-13(15)11(3)4/h10-12H,5-9H2,1-4H3. The van der Waals surface area contributed by atoms with E-state index in [9.17, 15) is 4.79 Å². The fourth-order valence-electron chi connectivity index (χ4n) is 1.64. The Morgan fingerprint density at radius 1 is 1.27 bits per heavy atom. The van der Waals surface area contributed by atoms with Crippen LogP contribution in [0.4, 0.5) is 0 Å². The van der Waals surface area contributed by atoms with Crippen LogP contribution in [0.5, 0.6) is 0 Å². The van der Waals surface area contributed by atoms with Gasteiger partial charge in [0.15, 0.2) is 0 Å². The zero-order valence-corrected chi connectivity index (χ0v) is 10.6. The summed E-state index contributed by atoms with van der Waals surface area (Å²) in [6.45, 7) is 10.3. The van der Waals surface area contributed by atoms with Crippen LogP contribution < -0.4 is 0 Å². The van der Waals surface area contributed by atoms with E-state index in [-0.39, 0.29) is 5.92 Å². The van der Waals surface area contributed by atoms with E-state index >= 15 is 0 Å². The second-order valence-electron chi connectivity index (χ2n) is 5.51. The molecule has 0 aromatic carbocycles. The Bertz CT molecular complexity index is 207. The Morgan fingerprint density at radius 3 is 2.27 bits per heavy atom. The van der Waals surface area contributed by atoms with E-state index in [1.807, 2.05) is 13.8 Å². The van der Waals surface area contributed by atoms with Crippen molar-refractivity contribution in [2.75, 3.05) is 13.1 Å². The normalized spacial score (nSPS) is 16.7. The summed E-state index contributed by atoms with van der Waals surface area (Å²) in [5.41, 5.74) is 0. The molecule has 1 fully saturated rings. The summed E-state index contributed by atoms with van der Waals surface area (Å²) < 4.78 is 0. The number of rotatable bonds is 7. The molecule has 88 valence electrons. The lowest BCUT2D eigenvalue weighted by atomic mass is 10.1. The van der Waals surface area contributed by atoms with Crippen LogP contribution in [-0.4, -0.2) is 29.8 Å². The fourth-order valence-corrected chi connectivity index (χ4v) is 1.64. The maximum atomic E-state index is 11.7. The molecular formula is C13H25NO. The summed E-state index contributed by atoms with van der Waals surface area (Å²) in [4.78, 5) is 14.1. The lowest BCUT2D eigenvalue weighted by molar-refractivity contribution is -0.123. The van der Waals surface area contributed by atoms with Gasteiger partial charge in [-0.2, -0.15) is 0 Å². The third kappa shape index (κ3) is 4.78. The number of hydrogen-bond donors (Lipinski definition) is 0. The highest BCUT2D eigenvalue weighted by molar-refractivity contribution is 5.82. The van der Waals surface area contributed by atoms with Crippen molar-refractivity contribution in [3.63, 3.8) is 0 Å². The number of carbonyl (C=O) groups excluding carboxylic acids is 1. The second kappa shape index (κ2) is 5.64. The molecule has 2 nitrogen and oxygen atoms in total. The molecule has 0 amide bonds. The minimum absolute atomic E-state index is 0.185. The van der Waals surface area contributed by atoms with E-state index in [0.717, 1.165) is 12.5 Å². The molecule has 0 radical (unpaired) electrons. The molecule has 0 unspecified atom stereocenters. The van der Waals surface area contributed by atoms with Crippen LogP contribution in [-0.2, 0) is 4.79 Å². The molecule has 0 aromatic rings. The lowest BCUT2D eigenvalue weighted by Crippen LogP contribution is -2.35. The molecule has 0 atom stereocenters. The van der Waals surface area contributed by atoms with E-state index in [1.54, 1.807) is 0 Å². The van der Waals surface area contributed by atoms with Crippen molar-refractivity contribution >= 4 is 5.78 Å².